The molecule has 3 N–H and O–H groups in total. The van der Waals surface area contributed by atoms with Crippen LogP contribution in [0.25, 0.3) is 0 Å². The lowest BCUT2D eigenvalue weighted by Gasteiger charge is -2.11. The summed E-state index contributed by atoms with van der Waals surface area (Å²) in [6, 6.07) is 2.28. The molecule has 19 heavy (non-hydrogen) atoms. The molecule has 0 saturated heterocycles. The summed E-state index contributed by atoms with van der Waals surface area (Å²) in [7, 11) is 0. The molecule has 1 aliphatic carbocycles. The van der Waals surface area contributed by atoms with Crippen molar-refractivity contribution in [3.05, 3.63) is 17.5 Å². The fourth-order valence-electron chi connectivity index (χ4n) is 2.74. The second-order valence-corrected chi connectivity index (χ2v) is 5.56. The Hall–Kier alpha value is -1.36. The third-order valence-electron chi connectivity index (χ3n) is 3.79. The number of aryl methyl sites for hydroxylation is 3. The Morgan fingerprint density at radius 1 is 1.53 bits per heavy atom. The van der Waals surface area contributed by atoms with Gasteiger partial charge in [0.2, 0.25) is 5.91 Å². The molecule has 1 aliphatic rings. The van der Waals surface area contributed by atoms with Gasteiger partial charge in [-0.1, -0.05) is 0 Å². The molecule has 1 aromatic heterocycles. The van der Waals surface area contributed by atoms with Gasteiger partial charge in [0.15, 0.2) is 0 Å². The summed E-state index contributed by atoms with van der Waals surface area (Å²) in [5.41, 5.74) is 8.04. The Morgan fingerprint density at radius 2 is 2.32 bits per heavy atom. The molecular formula is C14H24N4O. The molecule has 5 nitrogen and oxygen atoms in total. The number of hydrogen-bond donors (Lipinski definition) is 2. The minimum atomic E-state index is 0.128. The van der Waals surface area contributed by atoms with Gasteiger partial charge >= 0.3 is 0 Å². The molecule has 1 fully saturated rings. The van der Waals surface area contributed by atoms with Crippen LogP contribution in [0, 0.1) is 19.8 Å². The zero-order valence-corrected chi connectivity index (χ0v) is 11.9. The van der Waals surface area contributed by atoms with E-state index in [0.717, 1.165) is 37.9 Å². The molecule has 5 heteroatoms. The van der Waals surface area contributed by atoms with Crippen LogP contribution in [-0.2, 0) is 11.3 Å². The highest BCUT2D eigenvalue weighted by Crippen LogP contribution is 2.23. The maximum Gasteiger partial charge on any atom is 0.223 e. The molecule has 1 aromatic rings. The average molecular weight is 264 g/mol. The van der Waals surface area contributed by atoms with Crippen molar-refractivity contribution in [1.82, 2.24) is 15.1 Å². The van der Waals surface area contributed by atoms with Gasteiger partial charge in [0.1, 0.15) is 0 Å². The molecule has 0 radical (unpaired) electrons. The van der Waals surface area contributed by atoms with E-state index in [2.05, 4.69) is 23.4 Å². The molecule has 0 bridgehead atoms. The number of amides is 1. The van der Waals surface area contributed by atoms with E-state index < -0.39 is 0 Å². The first kappa shape index (κ1) is 14.1. The van der Waals surface area contributed by atoms with Crippen molar-refractivity contribution in [2.45, 2.75) is 52.1 Å². The summed E-state index contributed by atoms with van der Waals surface area (Å²) in [5, 5.41) is 7.41. The van der Waals surface area contributed by atoms with Crippen LogP contribution in [0.15, 0.2) is 6.07 Å². The van der Waals surface area contributed by atoms with Crippen molar-refractivity contribution in [3.8, 4) is 0 Å². The van der Waals surface area contributed by atoms with E-state index in [4.69, 9.17) is 5.73 Å². The van der Waals surface area contributed by atoms with E-state index >= 15 is 0 Å². The summed E-state index contributed by atoms with van der Waals surface area (Å²) in [5.74, 6) is 0.296. The van der Waals surface area contributed by atoms with E-state index in [-0.39, 0.29) is 17.9 Å². The van der Waals surface area contributed by atoms with Crippen LogP contribution >= 0.6 is 0 Å². The number of rotatable bonds is 5. The Balaban J connectivity index is 1.67. The summed E-state index contributed by atoms with van der Waals surface area (Å²) in [6.07, 6.45) is 3.66. The van der Waals surface area contributed by atoms with Gasteiger partial charge in [-0.15, -0.1) is 0 Å². The first-order valence-corrected chi connectivity index (χ1v) is 7.10. The fourth-order valence-corrected chi connectivity index (χ4v) is 2.74. The lowest BCUT2D eigenvalue weighted by Crippen LogP contribution is -2.31. The van der Waals surface area contributed by atoms with Crippen molar-refractivity contribution < 1.29 is 4.79 Å². The van der Waals surface area contributed by atoms with E-state index in [0.29, 0.717) is 6.54 Å². The van der Waals surface area contributed by atoms with Crippen molar-refractivity contribution in [1.29, 1.82) is 0 Å². The van der Waals surface area contributed by atoms with Crippen LogP contribution in [-0.4, -0.2) is 28.3 Å². The predicted octanol–water partition coefficient (Wildman–Crippen LogP) is 1.13. The summed E-state index contributed by atoms with van der Waals surface area (Å²) < 4.78 is 1.99. The number of carbonyl (C=O) groups is 1. The molecule has 0 aliphatic heterocycles. The lowest BCUT2D eigenvalue weighted by atomic mass is 10.1. The number of aromatic nitrogens is 2. The zero-order chi connectivity index (χ0) is 13.8. The quantitative estimate of drug-likeness (QED) is 0.783. The van der Waals surface area contributed by atoms with Gasteiger partial charge in [0.05, 0.1) is 5.69 Å². The van der Waals surface area contributed by atoms with Gasteiger partial charge in [0.25, 0.3) is 0 Å². The number of carbonyl (C=O) groups excluding carboxylic acids is 1. The number of nitrogens with one attached hydrogen (secondary N) is 1. The number of nitrogens with zero attached hydrogens (tertiary/aromatic N) is 2. The molecule has 1 heterocycles. The first-order valence-electron chi connectivity index (χ1n) is 7.10. The summed E-state index contributed by atoms with van der Waals surface area (Å²) >= 11 is 0. The van der Waals surface area contributed by atoms with Crippen LogP contribution in [0.1, 0.15) is 37.1 Å². The van der Waals surface area contributed by atoms with Crippen molar-refractivity contribution in [2.75, 3.05) is 6.54 Å². The van der Waals surface area contributed by atoms with E-state index in [1.54, 1.807) is 0 Å². The van der Waals surface area contributed by atoms with Gasteiger partial charge in [-0.3, -0.25) is 9.48 Å². The second kappa shape index (κ2) is 6.19. The molecule has 2 unspecified atom stereocenters. The van der Waals surface area contributed by atoms with Crippen molar-refractivity contribution >= 4 is 5.91 Å². The minimum absolute atomic E-state index is 0.128. The predicted molar refractivity (Wildman–Crippen MR) is 74.6 cm³/mol. The van der Waals surface area contributed by atoms with Gasteiger partial charge in [-0.25, -0.2) is 0 Å². The highest BCUT2D eigenvalue weighted by molar-refractivity contribution is 5.78. The van der Waals surface area contributed by atoms with E-state index in [1.807, 2.05) is 11.6 Å². The number of nitrogens with two attached hydrogens (primary N) is 1. The Labute approximate surface area is 114 Å². The van der Waals surface area contributed by atoms with Crippen LogP contribution in [0.4, 0.5) is 0 Å². The van der Waals surface area contributed by atoms with Crippen LogP contribution in [0.3, 0.4) is 0 Å². The number of hydrogen-bond acceptors (Lipinski definition) is 3. The van der Waals surface area contributed by atoms with Crippen LogP contribution < -0.4 is 11.1 Å². The Morgan fingerprint density at radius 3 is 2.89 bits per heavy atom. The van der Waals surface area contributed by atoms with E-state index in [9.17, 15) is 4.79 Å². The standard InChI is InChI=1S/C14H24N4O/c1-10-8-11(2)18(17-10)7-3-6-16-14(19)12-4-5-13(15)9-12/h8,12-13H,3-7,9,15H2,1-2H3,(H,16,19). The molecule has 2 rings (SSSR count). The second-order valence-electron chi connectivity index (χ2n) is 5.56. The van der Waals surface area contributed by atoms with Crippen LogP contribution in [0.5, 0.6) is 0 Å². The lowest BCUT2D eigenvalue weighted by molar-refractivity contribution is -0.124. The molecule has 0 spiro atoms. The maximum absolute atomic E-state index is 11.9. The van der Waals surface area contributed by atoms with Crippen molar-refractivity contribution in [3.63, 3.8) is 0 Å². The van der Waals surface area contributed by atoms with Gasteiger partial charge < -0.3 is 11.1 Å². The topological polar surface area (TPSA) is 72.9 Å². The highest BCUT2D eigenvalue weighted by Gasteiger charge is 2.27. The normalized spacial score (nSPS) is 22.7. The third kappa shape index (κ3) is 3.80. The van der Waals surface area contributed by atoms with Crippen LogP contribution in [0.2, 0.25) is 0 Å². The monoisotopic (exact) mass is 264 g/mol. The first-order chi connectivity index (χ1) is 9.06. The summed E-state index contributed by atoms with van der Waals surface area (Å²) in [4.78, 5) is 11.9. The van der Waals surface area contributed by atoms with Gasteiger partial charge in [0, 0.05) is 30.7 Å². The summed E-state index contributed by atoms with van der Waals surface area (Å²) in [6.45, 7) is 5.61. The van der Waals surface area contributed by atoms with Gasteiger partial charge in [-0.2, -0.15) is 5.10 Å². The SMILES string of the molecule is Cc1cc(C)n(CCCNC(=O)C2CCC(N)C2)n1. The molecule has 1 saturated carbocycles. The maximum atomic E-state index is 11.9. The third-order valence-corrected chi connectivity index (χ3v) is 3.79. The zero-order valence-electron chi connectivity index (χ0n) is 11.9. The highest BCUT2D eigenvalue weighted by atomic mass is 16.1. The fraction of sp³-hybridized carbons (Fsp3) is 0.714. The van der Waals surface area contributed by atoms with Crippen molar-refractivity contribution in [2.24, 2.45) is 11.7 Å². The van der Waals surface area contributed by atoms with E-state index in [1.165, 1.54) is 5.69 Å². The molecular weight excluding hydrogens is 240 g/mol. The molecule has 0 aromatic carbocycles. The smallest absolute Gasteiger partial charge is 0.223 e. The largest absolute Gasteiger partial charge is 0.356 e. The minimum Gasteiger partial charge on any atom is -0.356 e. The Bertz CT molecular complexity index is 441. The molecule has 2 atom stereocenters. The molecule has 1 amide bonds. The van der Waals surface area contributed by atoms with Gasteiger partial charge in [-0.05, 0) is 45.6 Å². The molecule has 106 valence electrons. The average Bonchev–Trinajstić information content (AvgIpc) is 2.91. The Kier molecular flexibility index (Phi) is 4.58.